The van der Waals surface area contributed by atoms with Crippen LogP contribution in [0.15, 0.2) is 35.1 Å². The van der Waals surface area contributed by atoms with Crippen molar-refractivity contribution in [3.63, 3.8) is 0 Å². The van der Waals surface area contributed by atoms with Gasteiger partial charge in [0.15, 0.2) is 0 Å². The van der Waals surface area contributed by atoms with Crippen molar-refractivity contribution < 1.29 is 9.21 Å². The van der Waals surface area contributed by atoms with Crippen LogP contribution in [0.5, 0.6) is 0 Å². The highest BCUT2D eigenvalue weighted by atomic mass is 16.3. The number of rotatable bonds is 6. The molecule has 0 bridgehead atoms. The maximum Gasteiger partial charge on any atom is 0.226 e. The van der Waals surface area contributed by atoms with E-state index in [1.165, 1.54) is 0 Å². The number of amides is 1. The first-order chi connectivity index (χ1) is 11.6. The third kappa shape index (κ3) is 4.24. The largest absolute Gasteiger partial charge is 0.468 e. The molecule has 1 atom stereocenters. The molecule has 0 radical (unpaired) electrons. The maximum absolute atomic E-state index is 12.6. The first-order valence-corrected chi connectivity index (χ1v) is 8.29. The minimum atomic E-state index is -0.122. The highest BCUT2D eigenvalue weighted by molar-refractivity contribution is 5.78. The van der Waals surface area contributed by atoms with Gasteiger partial charge in [0.2, 0.25) is 5.91 Å². The van der Waals surface area contributed by atoms with Gasteiger partial charge in [0.1, 0.15) is 5.76 Å². The Labute approximate surface area is 142 Å². The van der Waals surface area contributed by atoms with E-state index < -0.39 is 0 Å². The van der Waals surface area contributed by atoms with Crippen LogP contribution in [0, 0.1) is 5.92 Å². The predicted octanol–water partition coefficient (Wildman–Crippen LogP) is 0.786. The van der Waals surface area contributed by atoms with E-state index in [0.29, 0.717) is 26.2 Å². The van der Waals surface area contributed by atoms with Crippen LogP contribution in [-0.4, -0.2) is 59.2 Å². The van der Waals surface area contributed by atoms with Gasteiger partial charge < -0.3 is 14.6 Å². The molecule has 0 spiro atoms. The van der Waals surface area contributed by atoms with Crippen LogP contribution >= 0.6 is 0 Å². The van der Waals surface area contributed by atoms with Crippen molar-refractivity contribution in [3.05, 3.63) is 42.1 Å². The highest BCUT2D eigenvalue weighted by Gasteiger charge is 2.27. The minimum absolute atomic E-state index is 0.0876. The second-order valence-corrected chi connectivity index (χ2v) is 6.54. The predicted molar refractivity (Wildman–Crippen MR) is 90.1 cm³/mol. The molecule has 3 heterocycles. The zero-order chi connectivity index (χ0) is 16.9. The van der Waals surface area contributed by atoms with Crippen LogP contribution in [0.2, 0.25) is 0 Å². The number of aromatic nitrogens is 2. The summed E-state index contributed by atoms with van der Waals surface area (Å²) in [5.74, 6) is 0.877. The van der Waals surface area contributed by atoms with Crippen molar-refractivity contribution in [2.75, 3.05) is 33.7 Å². The van der Waals surface area contributed by atoms with Crippen LogP contribution in [0.1, 0.15) is 11.5 Å². The lowest BCUT2D eigenvalue weighted by atomic mass is 10.1. The molecule has 1 amide bonds. The van der Waals surface area contributed by atoms with Crippen molar-refractivity contribution in [1.29, 1.82) is 0 Å². The Morgan fingerprint density at radius 1 is 1.42 bits per heavy atom. The van der Waals surface area contributed by atoms with Crippen LogP contribution in [0.3, 0.4) is 0 Å². The average Bonchev–Trinajstić information content (AvgIpc) is 3.16. The average molecular weight is 331 g/mol. The Kier molecular flexibility index (Phi) is 5.32. The number of carbonyl (C=O) groups is 1. The zero-order valence-electron chi connectivity index (χ0n) is 14.3. The second-order valence-electron chi connectivity index (χ2n) is 6.54. The number of hydrogen-bond donors (Lipinski definition) is 1. The van der Waals surface area contributed by atoms with E-state index in [4.69, 9.17) is 4.42 Å². The molecular weight excluding hydrogens is 306 g/mol. The first kappa shape index (κ1) is 16.7. The topological polar surface area (TPSA) is 66.5 Å². The maximum atomic E-state index is 12.6. The van der Waals surface area contributed by atoms with E-state index in [2.05, 4.69) is 20.2 Å². The fraction of sp³-hybridized carbons (Fsp3) is 0.529. The smallest absolute Gasteiger partial charge is 0.226 e. The fourth-order valence-corrected chi connectivity index (χ4v) is 2.99. The van der Waals surface area contributed by atoms with Gasteiger partial charge in [0.25, 0.3) is 0 Å². The molecule has 2 aromatic rings. The van der Waals surface area contributed by atoms with Crippen LogP contribution < -0.4 is 5.32 Å². The lowest BCUT2D eigenvalue weighted by Crippen LogP contribution is -2.41. The molecule has 0 fully saturated rings. The van der Waals surface area contributed by atoms with Gasteiger partial charge in [-0.25, -0.2) is 0 Å². The van der Waals surface area contributed by atoms with Crippen molar-refractivity contribution in [2.45, 2.75) is 19.6 Å². The van der Waals surface area contributed by atoms with Gasteiger partial charge in [0.05, 0.1) is 31.0 Å². The molecule has 3 rings (SSSR count). The molecule has 7 heteroatoms. The molecule has 0 unspecified atom stereocenters. The van der Waals surface area contributed by atoms with E-state index in [-0.39, 0.29) is 11.8 Å². The highest BCUT2D eigenvalue weighted by Crippen LogP contribution is 2.18. The van der Waals surface area contributed by atoms with E-state index in [1.807, 2.05) is 37.0 Å². The third-order valence-electron chi connectivity index (χ3n) is 4.25. The summed E-state index contributed by atoms with van der Waals surface area (Å²) in [4.78, 5) is 16.9. The second kappa shape index (κ2) is 7.63. The van der Waals surface area contributed by atoms with Crippen LogP contribution in [0.4, 0.5) is 0 Å². The summed E-state index contributed by atoms with van der Waals surface area (Å²) in [6.07, 6.45) is 3.48. The van der Waals surface area contributed by atoms with Gasteiger partial charge in [0, 0.05) is 32.4 Å². The molecule has 1 N–H and O–H groups in total. The number of likely N-dealkylation sites (N-methyl/N-ethyl adjacent to an activating group) is 1. The molecule has 1 aliphatic heterocycles. The quantitative estimate of drug-likeness (QED) is 0.848. The lowest BCUT2D eigenvalue weighted by molar-refractivity contribution is -0.126. The summed E-state index contributed by atoms with van der Waals surface area (Å²) in [6.45, 7) is 4.26. The molecule has 0 aliphatic carbocycles. The summed E-state index contributed by atoms with van der Waals surface area (Å²) in [7, 11) is 4.00. The summed E-state index contributed by atoms with van der Waals surface area (Å²) >= 11 is 0. The minimum Gasteiger partial charge on any atom is -0.468 e. The Hall–Kier alpha value is -2.12. The van der Waals surface area contributed by atoms with Crippen molar-refractivity contribution in [2.24, 2.45) is 5.92 Å². The van der Waals surface area contributed by atoms with Crippen molar-refractivity contribution in [1.82, 2.24) is 24.9 Å². The van der Waals surface area contributed by atoms with E-state index in [1.54, 1.807) is 12.5 Å². The third-order valence-corrected chi connectivity index (χ3v) is 4.25. The summed E-state index contributed by atoms with van der Waals surface area (Å²) in [6, 6.07) is 5.87. The van der Waals surface area contributed by atoms with Gasteiger partial charge >= 0.3 is 0 Å². The molecule has 2 aromatic heterocycles. The number of hydrogen-bond acceptors (Lipinski definition) is 5. The van der Waals surface area contributed by atoms with Crippen molar-refractivity contribution in [3.8, 4) is 0 Å². The number of nitrogens with one attached hydrogen (secondary N) is 1. The molecule has 0 saturated heterocycles. The van der Waals surface area contributed by atoms with E-state index >= 15 is 0 Å². The molecule has 130 valence electrons. The lowest BCUT2D eigenvalue weighted by Gasteiger charge is -2.22. The normalized spacial score (nSPS) is 18.4. The van der Waals surface area contributed by atoms with Crippen LogP contribution in [0.25, 0.3) is 0 Å². The van der Waals surface area contributed by atoms with Gasteiger partial charge in [-0.1, -0.05) is 0 Å². The number of nitrogens with zero attached hydrogens (tertiary/aromatic N) is 4. The summed E-state index contributed by atoms with van der Waals surface area (Å²) in [5.41, 5.74) is 1.13. The molecule has 7 nitrogen and oxygen atoms in total. The Morgan fingerprint density at radius 3 is 3.04 bits per heavy atom. The van der Waals surface area contributed by atoms with Gasteiger partial charge in [-0.3, -0.25) is 14.4 Å². The number of furan rings is 1. The Bertz CT molecular complexity index is 650. The SMILES string of the molecule is CN(C)CCNC(=O)[C@@H]1CN(Cc2ccco2)Cc2ccnn2C1. The summed E-state index contributed by atoms with van der Waals surface area (Å²) < 4.78 is 7.41. The number of carbonyl (C=O) groups excluding carboxylic acids is 1. The zero-order valence-corrected chi connectivity index (χ0v) is 14.3. The van der Waals surface area contributed by atoms with Gasteiger partial charge in [-0.15, -0.1) is 0 Å². The summed E-state index contributed by atoms with van der Waals surface area (Å²) in [5, 5.41) is 7.41. The van der Waals surface area contributed by atoms with Crippen LogP contribution in [-0.2, 0) is 24.4 Å². The van der Waals surface area contributed by atoms with E-state index in [9.17, 15) is 4.79 Å². The molecular formula is C17H25N5O2. The van der Waals surface area contributed by atoms with E-state index in [0.717, 1.165) is 24.5 Å². The molecule has 1 aliphatic rings. The Balaban J connectivity index is 1.68. The Morgan fingerprint density at radius 2 is 2.29 bits per heavy atom. The van der Waals surface area contributed by atoms with Gasteiger partial charge in [-0.2, -0.15) is 5.10 Å². The monoisotopic (exact) mass is 331 g/mol. The molecule has 0 saturated carbocycles. The number of fused-ring (bicyclic) bond motifs is 1. The standard InChI is InChI=1S/C17H25N5O2/c1-20(2)8-7-18-17(23)14-10-21(13-16-4-3-9-24-16)12-15-5-6-19-22(15)11-14/h3-6,9,14H,7-8,10-13H2,1-2H3,(H,18,23)/t14-/m1/s1. The van der Waals surface area contributed by atoms with Crippen molar-refractivity contribution >= 4 is 5.91 Å². The fourth-order valence-electron chi connectivity index (χ4n) is 2.99. The molecule has 24 heavy (non-hydrogen) atoms. The molecule has 0 aromatic carbocycles. The first-order valence-electron chi connectivity index (χ1n) is 8.29. The van der Waals surface area contributed by atoms with Gasteiger partial charge in [-0.05, 0) is 32.3 Å².